The van der Waals surface area contributed by atoms with Gasteiger partial charge in [-0.25, -0.2) is 0 Å². The largest absolute Gasteiger partial charge is 0.496 e. The van der Waals surface area contributed by atoms with Crippen molar-refractivity contribution in [1.82, 2.24) is 15.5 Å². The molecule has 0 saturated carbocycles. The molecule has 2 amide bonds. The van der Waals surface area contributed by atoms with Crippen LogP contribution >= 0.6 is 0 Å². The van der Waals surface area contributed by atoms with Crippen LogP contribution in [0, 0.1) is 6.92 Å². The molecular weight excluding hydrogens is 334 g/mol. The maximum absolute atomic E-state index is 12.3. The summed E-state index contributed by atoms with van der Waals surface area (Å²) < 4.78 is 5.29. The van der Waals surface area contributed by atoms with Gasteiger partial charge >= 0.3 is 0 Å². The number of hydrogen-bond acceptors (Lipinski definition) is 5. The second kappa shape index (κ2) is 8.51. The van der Waals surface area contributed by atoms with Gasteiger partial charge in [-0.2, -0.15) is 0 Å². The number of amides is 2. The van der Waals surface area contributed by atoms with Crippen molar-refractivity contribution in [2.75, 3.05) is 26.8 Å². The van der Waals surface area contributed by atoms with Crippen molar-refractivity contribution < 1.29 is 19.4 Å². The SMILES string of the molecule is COc1ccc(CN2CCNC(=O)C2CC(=O)NC(C)(C)CO)cc1C. The fourth-order valence-corrected chi connectivity index (χ4v) is 3.09. The molecule has 1 saturated heterocycles. The zero-order valence-electron chi connectivity index (χ0n) is 16.0. The Morgan fingerprint density at radius 1 is 1.46 bits per heavy atom. The van der Waals surface area contributed by atoms with Crippen LogP contribution in [0.3, 0.4) is 0 Å². The second-order valence-corrected chi connectivity index (χ2v) is 7.38. The molecule has 1 atom stereocenters. The summed E-state index contributed by atoms with van der Waals surface area (Å²) in [5.74, 6) is 0.438. The van der Waals surface area contributed by atoms with E-state index in [1.165, 1.54) is 0 Å². The number of rotatable bonds is 7. The van der Waals surface area contributed by atoms with Crippen LogP contribution in [0.4, 0.5) is 0 Å². The molecule has 0 spiro atoms. The number of carbonyl (C=O) groups is 2. The van der Waals surface area contributed by atoms with E-state index in [2.05, 4.69) is 10.6 Å². The number of nitrogens with one attached hydrogen (secondary N) is 2. The molecule has 1 aliphatic heterocycles. The van der Waals surface area contributed by atoms with Gasteiger partial charge in [-0.1, -0.05) is 12.1 Å². The van der Waals surface area contributed by atoms with Crippen molar-refractivity contribution in [3.8, 4) is 5.75 Å². The van der Waals surface area contributed by atoms with Gasteiger partial charge in [-0.05, 0) is 38.0 Å². The highest BCUT2D eigenvalue weighted by Crippen LogP contribution is 2.21. The van der Waals surface area contributed by atoms with Crippen molar-refractivity contribution in [1.29, 1.82) is 0 Å². The van der Waals surface area contributed by atoms with Crippen molar-refractivity contribution in [3.63, 3.8) is 0 Å². The summed E-state index contributed by atoms with van der Waals surface area (Å²) >= 11 is 0. The second-order valence-electron chi connectivity index (χ2n) is 7.38. The summed E-state index contributed by atoms with van der Waals surface area (Å²) in [5.41, 5.74) is 1.39. The lowest BCUT2D eigenvalue weighted by atomic mass is 10.0. The number of carbonyl (C=O) groups excluding carboxylic acids is 2. The van der Waals surface area contributed by atoms with Gasteiger partial charge in [0, 0.05) is 19.6 Å². The van der Waals surface area contributed by atoms with Crippen LogP contribution in [0.15, 0.2) is 18.2 Å². The van der Waals surface area contributed by atoms with Crippen LogP contribution in [0.5, 0.6) is 5.75 Å². The first kappa shape index (κ1) is 20.2. The molecule has 1 aromatic rings. The van der Waals surface area contributed by atoms with Gasteiger partial charge in [0.05, 0.1) is 31.7 Å². The van der Waals surface area contributed by atoms with Crippen LogP contribution in [0.2, 0.25) is 0 Å². The molecule has 1 aromatic carbocycles. The number of aliphatic hydroxyl groups excluding tert-OH is 1. The van der Waals surface area contributed by atoms with Gasteiger partial charge < -0.3 is 20.5 Å². The van der Waals surface area contributed by atoms with Crippen LogP contribution in [0.25, 0.3) is 0 Å². The van der Waals surface area contributed by atoms with Crippen molar-refractivity contribution in [3.05, 3.63) is 29.3 Å². The van der Waals surface area contributed by atoms with Crippen LogP contribution < -0.4 is 15.4 Å². The number of methoxy groups -OCH3 is 1. The predicted octanol–water partition coefficient (Wildman–Crippen LogP) is 0.581. The summed E-state index contributed by atoms with van der Waals surface area (Å²) in [6.07, 6.45) is 0.0599. The Morgan fingerprint density at radius 3 is 2.81 bits per heavy atom. The molecule has 0 aromatic heterocycles. The summed E-state index contributed by atoms with van der Waals surface area (Å²) in [6.45, 7) is 7.12. The van der Waals surface area contributed by atoms with Gasteiger partial charge in [0.15, 0.2) is 0 Å². The Morgan fingerprint density at radius 2 is 2.19 bits per heavy atom. The third kappa shape index (κ3) is 5.19. The van der Waals surface area contributed by atoms with Gasteiger partial charge in [0.2, 0.25) is 11.8 Å². The van der Waals surface area contributed by atoms with E-state index >= 15 is 0 Å². The summed E-state index contributed by atoms with van der Waals surface area (Å²) in [7, 11) is 1.64. The maximum atomic E-state index is 12.3. The Bertz CT molecular complexity index is 660. The van der Waals surface area contributed by atoms with Crippen LogP contribution in [-0.2, 0) is 16.1 Å². The fourth-order valence-electron chi connectivity index (χ4n) is 3.09. The van der Waals surface area contributed by atoms with Crippen molar-refractivity contribution in [2.24, 2.45) is 0 Å². The summed E-state index contributed by atoms with van der Waals surface area (Å²) in [6, 6.07) is 5.41. The van der Waals surface area contributed by atoms with Gasteiger partial charge in [-0.3, -0.25) is 14.5 Å². The van der Waals surface area contributed by atoms with Gasteiger partial charge in [-0.15, -0.1) is 0 Å². The van der Waals surface area contributed by atoms with E-state index in [-0.39, 0.29) is 24.8 Å². The molecular formula is C19H29N3O4. The Hall–Kier alpha value is -2.12. The fraction of sp³-hybridized carbons (Fsp3) is 0.579. The van der Waals surface area contributed by atoms with E-state index < -0.39 is 11.6 Å². The molecule has 2 rings (SSSR count). The Labute approximate surface area is 154 Å². The molecule has 0 aliphatic carbocycles. The minimum Gasteiger partial charge on any atom is -0.496 e. The molecule has 7 heteroatoms. The Kier molecular flexibility index (Phi) is 6.61. The number of ether oxygens (including phenoxy) is 1. The lowest BCUT2D eigenvalue weighted by Gasteiger charge is -2.35. The van der Waals surface area contributed by atoms with E-state index in [9.17, 15) is 14.7 Å². The summed E-state index contributed by atoms with van der Waals surface area (Å²) in [4.78, 5) is 26.7. The van der Waals surface area contributed by atoms with E-state index in [0.29, 0.717) is 19.6 Å². The molecule has 1 fully saturated rings. The highest BCUT2D eigenvalue weighted by Gasteiger charge is 2.32. The van der Waals surface area contributed by atoms with E-state index in [1.54, 1.807) is 21.0 Å². The number of piperazine rings is 1. The Balaban J connectivity index is 2.09. The first-order valence-electron chi connectivity index (χ1n) is 8.83. The normalized spacial score (nSPS) is 18.3. The average molecular weight is 363 g/mol. The van der Waals surface area contributed by atoms with E-state index in [0.717, 1.165) is 16.9 Å². The number of aryl methyl sites for hydroxylation is 1. The van der Waals surface area contributed by atoms with Crippen molar-refractivity contribution in [2.45, 2.75) is 45.3 Å². The number of aliphatic hydroxyl groups is 1. The molecule has 1 heterocycles. The van der Waals surface area contributed by atoms with Crippen LogP contribution in [-0.4, -0.2) is 60.2 Å². The number of hydrogen-bond donors (Lipinski definition) is 3. The number of benzene rings is 1. The molecule has 1 aliphatic rings. The van der Waals surface area contributed by atoms with Crippen LogP contribution in [0.1, 0.15) is 31.4 Å². The first-order chi connectivity index (χ1) is 12.3. The maximum Gasteiger partial charge on any atom is 0.237 e. The molecule has 26 heavy (non-hydrogen) atoms. The molecule has 3 N–H and O–H groups in total. The lowest BCUT2D eigenvalue weighted by molar-refractivity contribution is -0.135. The first-order valence-corrected chi connectivity index (χ1v) is 8.83. The molecule has 7 nitrogen and oxygen atoms in total. The molecule has 1 unspecified atom stereocenters. The highest BCUT2D eigenvalue weighted by molar-refractivity contribution is 5.89. The minimum absolute atomic E-state index is 0.0599. The topological polar surface area (TPSA) is 90.9 Å². The lowest BCUT2D eigenvalue weighted by Crippen LogP contribution is -2.57. The summed E-state index contributed by atoms with van der Waals surface area (Å²) in [5, 5.41) is 14.9. The van der Waals surface area contributed by atoms with E-state index in [4.69, 9.17) is 4.74 Å². The predicted molar refractivity (Wildman–Crippen MR) is 98.9 cm³/mol. The van der Waals surface area contributed by atoms with Gasteiger partial charge in [0.1, 0.15) is 5.75 Å². The highest BCUT2D eigenvalue weighted by atomic mass is 16.5. The smallest absolute Gasteiger partial charge is 0.237 e. The van der Waals surface area contributed by atoms with Crippen molar-refractivity contribution >= 4 is 11.8 Å². The van der Waals surface area contributed by atoms with E-state index in [1.807, 2.05) is 30.0 Å². The monoisotopic (exact) mass is 363 g/mol. The van der Waals surface area contributed by atoms with Gasteiger partial charge in [0.25, 0.3) is 0 Å². The quantitative estimate of drug-likeness (QED) is 0.659. The third-order valence-corrected chi connectivity index (χ3v) is 4.54. The standard InChI is InChI=1S/C19H29N3O4/c1-13-9-14(5-6-16(13)26-4)11-22-8-7-20-18(25)15(22)10-17(24)21-19(2,3)12-23/h5-6,9,15,23H,7-8,10-12H2,1-4H3,(H,20,25)(H,21,24). The third-order valence-electron chi connectivity index (χ3n) is 4.54. The average Bonchev–Trinajstić information content (AvgIpc) is 2.58. The minimum atomic E-state index is -0.708. The molecule has 0 radical (unpaired) electrons. The molecule has 0 bridgehead atoms. The zero-order valence-corrected chi connectivity index (χ0v) is 16.0. The number of nitrogens with zero attached hydrogens (tertiary/aromatic N) is 1. The zero-order chi connectivity index (χ0) is 19.3. The molecule has 144 valence electrons.